The molecule has 3 nitrogen and oxygen atoms in total. The van der Waals surface area contributed by atoms with Crippen LogP contribution >= 0.6 is 0 Å². The summed E-state index contributed by atoms with van der Waals surface area (Å²) in [5, 5.41) is 3.43. The normalized spacial score (nSPS) is 14.4. The van der Waals surface area contributed by atoms with Crippen LogP contribution in [0.3, 0.4) is 0 Å². The molecule has 0 spiro atoms. The van der Waals surface area contributed by atoms with Crippen LogP contribution in [0, 0.1) is 5.82 Å². The van der Waals surface area contributed by atoms with Gasteiger partial charge in [-0.2, -0.15) is 0 Å². The molecule has 1 aromatic heterocycles. The summed E-state index contributed by atoms with van der Waals surface area (Å²) in [6.07, 6.45) is 4.35. The van der Waals surface area contributed by atoms with Crippen molar-refractivity contribution in [2.24, 2.45) is 0 Å². The highest BCUT2D eigenvalue weighted by atomic mass is 19.1. The summed E-state index contributed by atoms with van der Waals surface area (Å²) in [5.41, 5.74) is 1.00. The number of nitrogens with zero attached hydrogens (tertiary/aromatic N) is 1. The maximum Gasteiger partial charge on any atom is 0.123 e. The first-order valence-corrected chi connectivity index (χ1v) is 6.15. The van der Waals surface area contributed by atoms with E-state index in [9.17, 15) is 4.39 Å². The van der Waals surface area contributed by atoms with E-state index in [1.54, 1.807) is 18.3 Å². The van der Waals surface area contributed by atoms with Gasteiger partial charge < -0.3 is 10.3 Å². The summed E-state index contributed by atoms with van der Waals surface area (Å²) in [7, 11) is 0. The lowest BCUT2D eigenvalue weighted by Gasteiger charge is -2.18. The zero-order valence-corrected chi connectivity index (χ0v) is 10.7. The predicted octanol–water partition coefficient (Wildman–Crippen LogP) is 2.83. The van der Waals surface area contributed by atoms with Gasteiger partial charge in [-0.3, -0.25) is 0 Å². The molecule has 0 bridgehead atoms. The average molecular weight is 247 g/mol. The van der Waals surface area contributed by atoms with Crippen molar-refractivity contribution in [1.29, 1.82) is 0 Å². The number of rotatable bonds is 5. The first kappa shape index (κ1) is 12.8. The fraction of sp³-hybridized carbons (Fsp3) is 0.357. The molecule has 0 aliphatic carbocycles. The molecule has 4 heteroatoms. The lowest BCUT2D eigenvalue weighted by atomic mass is 10.1. The molecule has 2 unspecified atom stereocenters. The third-order valence-corrected chi connectivity index (χ3v) is 2.89. The summed E-state index contributed by atoms with van der Waals surface area (Å²) < 4.78 is 13.1. The molecule has 0 amide bonds. The van der Waals surface area contributed by atoms with Crippen molar-refractivity contribution in [2.75, 3.05) is 0 Å². The summed E-state index contributed by atoms with van der Waals surface area (Å²) in [4.78, 5) is 7.29. The van der Waals surface area contributed by atoms with E-state index in [0.717, 1.165) is 17.8 Å². The number of imidazole rings is 1. The van der Waals surface area contributed by atoms with Gasteiger partial charge in [0.25, 0.3) is 0 Å². The van der Waals surface area contributed by atoms with Gasteiger partial charge in [-0.1, -0.05) is 12.1 Å². The van der Waals surface area contributed by atoms with Crippen LogP contribution in [0.2, 0.25) is 0 Å². The second-order valence-electron chi connectivity index (χ2n) is 4.60. The number of hydrogen-bond acceptors (Lipinski definition) is 2. The molecule has 2 atom stereocenters. The van der Waals surface area contributed by atoms with E-state index in [-0.39, 0.29) is 17.9 Å². The molecule has 1 heterocycles. The van der Waals surface area contributed by atoms with Gasteiger partial charge in [0.05, 0.1) is 6.04 Å². The molecule has 0 saturated heterocycles. The predicted molar refractivity (Wildman–Crippen MR) is 69.7 cm³/mol. The monoisotopic (exact) mass is 247 g/mol. The van der Waals surface area contributed by atoms with Crippen LogP contribution in [0.5, 0.6) is 0 Å². The Kier molecular flexibility index (Phi) is 4.10. The van der Waals surface area contributed by atoms with Gasteiger partial charge >= 0.3 is 0 Å². The molecule has 0 saturated carbocycles. The Hall–Kier alpha value is -1.68. The van der Waals surface area contributed by atoms with Crippen LogP contribution in [0.1, 0.15) is 31.3 Å². The molecule has 0 fully saturated rings. The van der Waals surface area contributed by atoms with Crippen molar-refractivity contribution in [2.45, 2.75) is 32.4 Å². The first-order chi connectivity index (χ1) is 8.65. The number of benzene rings is 1. The number of halogens is 1. The smallest absolute Gasteiger partial charge is 0.123 e. The average Bonchev–Trinajstić information content (AvgIpc) is 2.81. The van der Waals surface area contributed by atoms with E-state index in [2.05, 4.69) is 29.1 Å². The van der Waals surface area contributed by atoms with Crippen LogP contribution in [-0.4, -0.2) is 16.0 Å². The Bertz CT molecular complexity index is 482. The molecule has 2 rings (SSSR count). The van der Waals surface area contributed by atoms with Crippen molar-refractivity contribution in [3.05, 3.63) is 53.9 Å². The molecular formula is C14H18FN3. The van der Waals surface area contributed by atoms with Crippen LogP contribution < -0.4 is 5.32 Å². The molecule has 0 aliphatic rings. The fourth-order valence-corrected chi connectivity index (χ4v) is 2.10. The lowest BCUT2D eigenvalue weighted by Crippen LogP contribution is -2.31. The summed E-state index contributed by atoms with van der Waals surface area (Å²) in [6, 6.07) is 7.14. The van der Waals surface area contributed by atoms with Crippen molar-refractivity contribution < 1.29 is 4.39 Å². The first-order valence-electron chi connectivity index (χ1n) is 6.15. The molecule has 18 heavy (non-hydrogen) atoms. The van der Waals surface area contributed by atoms with E-state index >= 15 is 0 Å². The van der Waals surface area contributed by atoms with E-state index in [1.165, 1.54) is 6.07 Å². The fourth-order valence-electron chi connectivity index (χ4n) is 2.10. The van der Waals surface area contributed by atoms with Crippen LogP contribution in [0.25, 0.3) is 0 Å². The number of aromatic amines is 1. The topological polar surface area (TPSA) is 40.7 Å². The van der Waals surface area contributed by atoms with Crippen LogP contribution in [0.15, 0.2) is 36.7 Å². The molecule has 2 aromatic rings. The minimum absolute atomic E-state index is 0.156. The molecular weight excluding hydrogens is 229 g/mol. The molecule has 1 aromatic carbocycles. The minimum atomic E-state index is -0.182. The van der Waals surface area contributed by atoms with E-state index in [1.807, 2.05) is 12.3 Å². The number of H-pyrrole nitrogens is 1. The quantitative estimate of drug-likeness (QED) is 0.853. The maximum absolute atomic E-state index is 13.1. The zero-order valence-electron chi connectivity index (χ0n) is 10.7. The van der Waals surface area contributed by atoms with E-state index in [0.29, 0.717) is 0 Å². The minimum Gasteiger partial charge on any atom is -0.347 e. The summed E-state index contributed by atoms with van der Waals surface area (Å²) >= 11 is 0. The molecule has 0 aliphatic heterocycles. The summed E-state index contributed by atoms with van der Waals surface area (Å²) in [6.45, 7) is 4.14. The highest BCUT2D eigenvalue weighted by Crippen LogP contribution is 2.10. The molecule has 2 N–H and O–H groups in total. The van der Waals surface area contributed by atoms with Gasteiger partial charge in [0, 0.05) is 18.4 Å². The Morgan fingerprint density at radius 1 is 1.39 bits per heavy atom. The molecule has 0 radical (unpaired) electrons. The molecule has 96 valence electrons. The number of nitrogens with one attached hydrogen (secondary N) is 2. The Labute approximate surface area is 106 Å². The summed E-state index contributed by atoms with van der Waals surface area (Å²) in [5.74, 6) is 0.736. The Morgan fingerprint density at radius 3 is 2.89 bits per heavy atom. The van der Waals surface area contributed by atoms with Crippen LogP contribution in [-0.2, 0) is 6.42 Å². The highest BCUT2D eigenvalue weighted by Gasteiger charge is 2.11. The highest BCUT2D eigenvalue weighted by molar-refractivity contribution is 5.17. The van der Waals surface area contributed by atoms with Gasteiger partial charge in [0.15, 0.2) is 0 Å². The third-order valence-electron chi connectivity index (χ3n) is 2.89. The van der Waals surface area contributed by atoms with Crippen LogP contribution in [0.4, 0.5) is 4.39 Å². The van der Waals surface area contributed by atoms with Crippen molar-refractivity contribution in [3.63, 3.8) is 0 Å². The van der Waals surface area contributed by atoms with Gasteiger partial charge in [-0.25, -0.2) is 9.37 Å². The van der Waals surface area contributed by atoms with Gasteiger partial charge in [-0.05, 0) is 38.0 Å². The van der Waals surface area contributed by atoms with Gasteiger partial charge in [0.1, 0.15) is 11.6 Å². The second-order valence-corrected chi connectivity index (χ2v) is 4.60. The van der Waals surface area contributed by atoms with Gasteiger partial charge in [0.2, 0.25) is 0 Å². The van der Waals surface area contributed by atoms with E-state index < -0.39 is 0 Å². The Morgan fingerprint density at radius 2 is 2.22 bits per heavy atom. The SMILES string of the molecule is CC(Cc1cccc(F)c1)NC(C)c1ncc[nH]1. The second kappa shape index (κ2) is 5.78. The van der Waals surface area contributed by atoms with Gasteiger partial charge in [-0.15, -0.1) is 0 Å². The standard InChI is InChI=1S/C14H18FN3/c1-10(8-12-4-3-5-13(15)9-12)18-11(2)14-16-6-7-17-14/h3-7,9-11,18H,8H2,1-2H3,(H,16,17). The van der Waals surface area contributed by atoms with E-state index in [4.69, 9.17) is 0 Å². The lowest BCUT2D eigenvalue weighted by molar-refractivity contribution is 0.463. The third kappa shape index (κ3) is 3.40. The maximum atomic E-state index is 13.1. The largest absolute Gasteiger partial charge is 0.347 e. The number of hydrogen-bond donors (Lipinski definition) is 2. The van der Waals surface area contributed by atoms with Crippen molar-refractivity contribution in [1.82, 2.24) is 15.3 Å². The van der Waals surface area contributed by atoms with Crippen molar-refractivity contribution >= 4 is 0 Å². The Balaban J connectivity index is 1.91. The zero-order chi connectivity index (χ0) is 13.0. The number of aromatic nitrogens is 2. The van der Waals surface area contributed by atoms with Crippen molar-refractivity contribution in [3.8, 4) is 0 Å².